The normalized spacial score (nSPS) is 34.2. The van der Waals surface area contributed by atoms with E-state index in [0.717, 1.165) is 29.2 Å². The summed E-state index contributed by atoms with van der Waals surface area (Å²) >= 11 is 0. The number of amides is 1. The van der Waals surface area contributed by atoms with E-state index < -0.39 is 0 Å². The van der Waals surface area contributed by atoms with Gasteiger partial charge in [0.1, 0.15) is 0 Å². The number of rotatable bonds is 4. The van der Waals surface area contributed by atoms with Crippen molar-refractivity contribution in [2.75, 3.05) is 0 Å². The lowest BCUT2D eigenvalue weighted by atomic mass is 9.54. The molecule has 1 amide bonds. The number of carbonyl (C=O) groups excluding carboxylic acids is 1. The molecule has 1 N–H and O–H groups in total. The molecular weight excluding hydrogens is 294 g/mol. The molecule has 4 fully saturated rings. The maximum atomic E-state index is 12.4. The Labute approximate surface area is 145 Å². The van der Waals surface area contributed by atoms with Gasteiger partial charge in [-0.1, -0.05) is 38.1 Å². The first-order valence-corrected chi connectivity index (χ1v) is 9.67. The van der Waals surface area contributed by atoms with Crippen molar-refractivity contribution in [1.82, 2.24) is 5.32 Å². The highest BCUT2D eigenvalue weighted by atomic mass is 16.1. The highest BCUT2D eigenvalue weighted by molar-refractivity contribution is 5.92. The molecule has 4 aliphatic carbocycles. The molecule has 0 aromatic heterocycles. The van der Waals surface area contributed by atoms with Gasteiger partial charge in [0.2, 0.25) is 5.91 Å². The van der Waals surface area contributed by atoms with Crippen molar-refractivity contribution < 1.29 is 4.79 Å². The van der Waals surface area contributed by atoms with Crippen molar-refractivity contribution >= 4 is 12.0 Å². The van der Waals surface area contributed by atoms with E-state index >= 15 is 0 Å². The van der Waals surface area contributed by atoms with E-state index in [0.29, 0.717) is 12.0 Å². The first kappa shape index (κ1) is 15.9. The second-order valence-electron chi connectivity index (χ2n) is 8.62. The Hall–Kier alpha value is -1.57. The van der Waals surface area contributed by atoms with Crippen LogP contribution in [0, 0.1) is 23.7 Å². The largest absolute Gasteiger partial charge is 0.349 e. The van der Waals surface area contributed by atoms with Crippen LogP contribution < -0.4 is 5.32 Å². The zero-order valence-electron chi connectivity index (χ0n) is 14.9. The maximum Gasteiger partial charge on any atom is 0.244 e. The van der Waals surface area contributed by atoms with Crippen molar-refractivity contribution in [2.45, 2.75) is 57.9 Å². The van der Waals surface area contributed by atoms with Gasteiger partial charge in [-0.25, -0.2) is 0 Å². The second-order valence-corrected chi connectivity index (χ2v) is 8.62. The number of benzene rings is 1. The predicted molar refractivity (Wildman–Crippen MR) is 98.5 cm³/mol. The van der Waals surface area contributed by atoms with Crippen LogP contribution in [0.3, 0.4) is 0 Å². The van der Waals surface area contributed by atoms with Crippen LogP contribution in [0.5, 0.6) is 0 Å². The molecule has 0 spiro atoms. The third kappa shape index (κ3) is 3.16. The molecule has 4 aliphatic rings. The van der Waals surface area contributed by atoms with E-state index in [-0.39, 0.29) is 5.91 Å². The van der Waals surface area contributed by atoms with Gasteiger partial charge in [-0.05, 0) is 78.9 Å². The molecule has 2 nitrogen and oxygen atoms in total. The number of hydrogen-bond acceptors (Lipinski definition) is 1. The molecule has 0 heterocycles. The van der Waals surface area contributed by atoms with Crippen molar-refractivity contribution in [2.24, 2.45) is 23.7 Å². The maximum absolute atomic E-state index is 12.4. The highest BCUT2D eigenvalue weighted by Gasteiger charge is 2.48. The first-order chi connectivity index (χ1) is 11.6. The van der Waals surface area contributed by atoms with Gasteiger partial charge in [0.15, 0.2) is 0 Å². The van der Waals surface area contributed by atoms with Crippen molar-refractivity contribution in [1.29, 1.82) is 0 Å². The summed E-state index contributed by atoms with van der Waals surface area (Å²) in [5, 5.41) is 3.34. The molecule has 0 atom stereocenters. The average molecular weight is 323 g/mol. The minimum Gasteiger partial charge on any atom is -0.349 e. The SMILES string of the molecule is CC(C)c1ccc(C=CC(=O)NC2C3CC4CC(C3)CC2C4)cc1. The Morgan fingerprint density at radius 1 is 1.00 bits per heavy atom. The van der Waals surface area contributed by atoms with E-state index in [9.17, 15) is 4.79 Å². The lowest BCUT2D eigenvalue weighted by Crippen LogP contribution is -2.55. The van der Waals surface area contributed by atoms with Crippen molar-refractivity contribution in [3.05, 3.63) is 41.5 Å². The van der Waals surface area contributed by atoms with Crippen LogP contribution in [0.2, 0.25) is 0 Å². The zero-order chi connectivity index (χ0) is 16.7. The molecule has 4 saturated carbocycles. The highest BCUT2D eigenvalue weighted by Crippen LogP contribution is 2.53. The molecule has 0 unspecified atom stereocenters. The van der Waals surface area contributed by atoms with Crippen molar-refractivity contribution in [3.63, 3.8) is 0 Å². The number of nitrogens with one attached hydrogen (secondary N) is 1. The summed E-state index contributed by atoms with van der Waals surface area (Å²) in [5.74, 6) is 4.02. The summed E-state index contributed by atoms with van der Waals surface area (Å²) in [7, 11) is 0. The molecule has 0 aliphatic heterocycles. The Morgan fingerprint density at radius 2 is 1.58 bits per heavy atom. The molecular formula is C22H29NO. The summed E-state index contributed by atoms with van der Waals surface area (Å²) in [6, 6.07) is 8.93. The van der Waals surface area contributed by atoms with E-state index in [1.54, 1.807) is 6.08 Å². The van der Waals surface area contributed by atoms with Gasteiger partial charge < -0.3 is 5.32 Å². The minimum absolute atomic E-state index is 0.0837. The fraction of sp³-hybridized carbons (Fsp3) is 0.591. The van der Waals surface area contributed by atoms with Crippen LogP contribution in [0.15, 0.2) is 30.3 Å². The summed E-state index contributed by atoms with van der Waals surface area (Å²) < 4.78 is 0. The third-order valence-electron chi connectivity index (χ3n) is 6.57. The zero-order valence-corrected chi connectivity index (χ0v) is 14.9. The number of hydrogen-bond donors (Lipinski definition) is 1. The molecule has 1 aromatic carbocycles. The van der Waals surface area contributed by atoms with Crippen LogP contribution in [0.1, 0.15) is 63.0 Å². The molecule has 4 bridgehead atoms. The summed E-state index contributed by atoms with van der Waals surface area (Å²) in [6.45, 7) is 4.40. The Balaban J connectivity index is 1.36. The molecule has 128 valence electrons. The summed E-state index contributed by atoms with van der Waals surface area (Å²) in [6.07, 6.45) is 10.5. The Morgan fingerprint density at radius 3 is 2.12 bits per heavy atom. The summed E-state index contributed by atoms with van der Waals surface area (Å²) in [4.78, 5) is 12.4. The quantitative estimate of drug-likeness (QED) is 0.795. The monoisotopic (exact) mass is 323 g/mol. The van der Waals surface area contributed by atoms with E-state index in [1.807, 2.05) is 6.08 Å². The molecule has 0 saturated heterocycles. The minimum atomic E-state index is 0.0837. The molecule has 0 radical (unpaired) electrons. The lowest BCUT2D eigenvalue weighted by molar-refractivity contribution is -0.120. The van der Waals surface area contributed by atoms with Crippen LogP contribution in [0.25, 0.3) is 6.08 Å². The third-order valence-corrected chi connectivity index (χ3v) is 6.57. The average Bonchev–Trinajstić information content (AvgIpc) is 2.56. The Kier molecular flexibility index (Phi) is 4.24. The molecule has 24 heavy (non-hydrogen) atoms. The second kappa shape index (κ2) is 6.38. The molecule has 2 heteroatoms. The van der Waals surface area contributed by atoms with Gasteiger partial charge in [-0.3, -0.25) is 4.79 Å². The van der Waals surface area contributed by atoms with E-state index in [1.165, 1.54) is 37.7 Å². The predicted octanol–water partition coefficient (Wildman–Crippen LogP) is 4.76. The standard InChI is InChI=1S/C22H29NO/c1-14(2)18-6-3-15(4-7-18)5-8-21(24)23-22-19-10-16-9-17(12-19)13-20(22)11-16/h3-8,14,16-17,19-20,22H,9-13H2,1-2H3,(H,23,24). The van der Waals surface area contributed by atoms with Gasteiger partial charge in [0.05, 0.1) is 0 Å². The van der Waals surface area contributed by atoms with Gasteiger partial charge in [-0.2, -0.15) is 0 Å². The van der Waals surface area contributed by atoms with Crippen LogP contribution >= 0.6 is 0 Å². The van der Waals surface area contributed by atoms with E-state index in [2.05, 4.69) is 43.4 Å². The smallest absolute Gasteiger partial charge is 0.244 e. The van der Waals surface area contributed by atoms with Gasteiger partial charge >= 0.3 is 0 Å². The fourth-order valence-corrected chi connectivity index (χ4v) is 5.54. The van der Waals surface area contributed by atoms with Gasteiger partial charge in [0, 0.05) is 12.1 Å². The topological polar surface area (TPSA) is 29.1 Å². The van der Waals surface area contributed by atoms with Crippen LogP contribution in [-0.4, -0.2) is 11.9 Å². The molecule has 1 aromatic rings. The van der Waals surface area contributed by atoms with Crippen LogP contribution in [0.4, 0.5) is 0 Å². The first-order valence-electron chi connectivity index (χ1n) is 9.67. The summed E-state index contributed by atoms with van der Waals surface area (Å²) in [5.41, 5.74) is 2.44. The van der Waals surface area contributed by atoms with Gasteiger partial charge in [-0.15, -0.1) is 0 Å². The lowest BCUT2D eigenvalue weighted by Gasteiger charge is -2.54. The molecule has 5 rings (SSSR count). The Bertz CT molecular complexity index is 600. The van der Waals surface area contributed by atoms with Crippen molar-refractivity contribution in [3.8, 4) is 0 Å². The number of carbonyl (C=O) groups is 1. The van der Waals surface area contributed by atoms with Crippen LogP contribution in [-0.2, 0) is 4.79 Å². The van der Waals surface area contributed by atoms with E-state index in [4.69, 9.17) is 0 Å². The fourth-order valence-electron chi connectivity index (χ4n) is 5.54. The van der Waals surface area contributed by atoms with Gasteiger partial charge in [0.25, 0.3) is 0 Å².